The van der Waals surface area contributed by atoms with Gasteiger partial charge in [0, 0.05) is 23.7 Å². The zero-order valence-corrected chi connectivity index (χ0v) is 11.9. The Labute approximate surface area is 112 Å². The van der Waals surface area contributed by atoms with Gasteiger partial charge in [0.15, 0.2) is 0 Å². The fourth-order valence-corrected chi connectivity index (χ4v) is 2.24. The molecule has 0 saturated carbocycles. The Kier molecular flexibility index (Phi) is 3.38. The highest BCUT2D eigenvalue weighted by Gasteiger charge is 2.18. The predicted octanol–water partition coefficient (Wildman–Crippen LogP) is 2.30. The third-order valence-electron chi connectivity index (χ3n) is 3.37. The minimum Gasteiger partial charge on any atom is -0.496 e. The molecule has 1 aromatic carbocycles. The molecule has 102 valence electrons. The molecule has 0 fully saturated rings. The van der Waals surface area contributed by atoms with Crippen LogP contribution < -0.4 is 15.2 Å². The molecule has 19 heavy (non-hydrogen) atoms. The van der Waals surface area contributed by atoms with Crippen LogP contribution in [-0.2, 0) is 7.05 Å². The van der Waals surface area contributed by atoms with E-state index in [0.717, 1.165) is 33.9 Å². The van der Waals surface area contributed by atoms with Gasteiger partial charge in [0.2, 0.25) is 0 Å². The summed E-state index contributed by atoms with van der Waals surface area (Å²) in [6, 6.07) is 3.86. The smallest absolute Gasteiger partial charge is 0.134 e. The van der Waals surface area contributed by atoms with Crippen LogP contribution in [0.5, 0.6) is 11.5 Å². The van der Waals surface area contributed by atoms with Crippen molar-refractivity contribution in [1.82, 2.24) is 9.78 Å². The van der Waals surface area contributed by atoms with Gasteiger partial charge in [0.1, 0.15) is 23.0 Å². The lowest BCUT2D eigenvalue weighted by Gasteiger charge is -2.13. The molecule has 1 aromatic heterocycles. The summed E-state index contributed by atoms with van der Waals surface area (Å²) in [6.07, 6.45) is 0. The van der Waals surface area contributed by atoms with Gasteiger partial charge < -0.3 is 15.2 Å². The van der Waals surface area contributed by atoms with E-state index in [-0.39, 0.29) is 0 Å². The molecule has 0 aliphatic heterocycles. The van der Waals surface area contributed by atoms with Crippen LogP contribution in [0.2, 0.25) is 0 Å². The predicted molar refractivity (Wildman–Crippen MR) is 75.6 cm³/mol. The SMILES string of the molecule is COc1ccc(-c2nn(C)c(N)c2C)c(OC)c1C. The van der Waals surface area contributed by atoms with E-state index in [1.165, 1.54) is 0 Å². The number of ether oxygens (including phenoxy) is 2. The number of methoxy groups -OCH3 is 2. The lowest BCUT2D eigenvalue weighted by molar-refractivity contribution is 0.390. The largest absolute Gasteiger partial charge is 0.496 e. The van der Waals surface area contributed by atoms with Gasteiger partial charge in [0.25, 0.3) is 0 Å². The van der Waals surface area contributed by atoms with E-state index in [2.05, 4.69) is 5.10 Å². The molecule has 0 radical (unpaired) electrons. The summed E-state index contributed by atoms with van der Waals surface area (Å²) < 4.78 is 12.5. The zero-order valence-electron chi connectivity index (χ0n) is 11.9. The van der Waals surface area contributed by atoms with Gasteiger partial charge in [-0.3, -0.25) is 4.68 Å². The maximum Gasteiger partial charge on any atom is 0.134 e. The maximum atomic E-state index is 5.96. The van der Waals surface area contributed by atoms with Crippen molar-refractivity contribution in [2.45, 2.75) is 13.8 Å². The van der Waals surface area contributed by atoms with Crippen LogP contribution in [0.1, 0.15) is 11.1 Å². The summed E-state index contributed by atoms with van der Waals surface area (Å²) >= 11 is 0. The molecule has 0 bridgehead atoms. The Morgan fingerprint density at radius 1 is 1.11 bits per heavy atom. The van der Waals surface area contributed by atoms with E-state index in [1.54, 1.807) is 18.9 Å². The van der Waals surface area contributed by atoms with Gasteiger partial charge in [-0.1, -0.05) is 0 Å². The van der Waals surface area contributed by atoms with Crippen molar-refractivity contribution in [3.05, 3.63) is 23.3 Å². The molecule has 0 amide bonds. The average Bonchev–Trinajstić information content (AvgIpc) is 2.66. The van der Waals surface area contributed by atoms with Gasteiger partial charge in [-0.25, -0.2) is 0 Å². The molecule has 5 heteroatoms. The van der Waals surface area contributed by atoms with Crippen molar-refractivity contribution in [3.63, 3.8) is 0 Å². The molecule has 2 N–H and O–H groups in total. The third-order valence-corrected chi connectivity index (χ3v) is 3.37. The molecule has 0 spiro atoms. The number of nitrogens with zero attached hydrogens (tertiary/aromatic N) is 2. The fourth-order valence-electron chi connectivity index (χ4n) is 2.24. The Bertz CT molecular complexity index is 618. The number of hydrogen-bond acceptors (Lipinski definition) is 4. The minimum atomic E-state index is 0.658. The molecular formula is C14H19N3O2. The number of rotatable bonds is 3. The molecule has 0 saturated heterocycles. The van der Waals surface area contributed by atoms with E-state index in [1.807, 2.05) is 33.0 Å². The van der Waals surface area contributed by atoms with Crippen LogP contribution >= 0.6 is 0 Å². The summed E-state index contributed by atoms with van der Waals surface area (Å²) in [5, 5.41) is 4.46. The van der Waals surface area contributed by atoms with Crippen LogP contribution in [0.25, 0.3) is 11.3 Å². The quantitative estimate of drug-likeness (QED) is 0.921. The second-order valence-electron chi connectivity index (χ2n) is 4.46. The van der Waals surface area contributed by atoms with Gasteiger partial charge in [-0.15, -0.1) is 0 Å². The molecule has 0 unspecified atom stereocenters. The second kappa shape index (κ2) is 4.84. The Balaban J connectivity index is 2.69. The number of anilines is 1. The first-order valence-electron chi connectivity index (χ1n) is 6.02. The van der Waals surface area contributed by atoms with E-state index in [9.17, 15) is 0 Å². The van der Waals surface area contributed by atoms with Gasteiger partial charge >= 0.3 is 0 Å². The molecule has 5 nitrogen and oxygen atoms in total. The number of nitrogen functional groups attached to an aromatic ring is 1. The van der Waals surface area contributed by atoms with Crippen molar-refractivity contribution in [2.75, 3.05) is 20.0 Å². The first-order valence-corrected chi connectivity index (χ1v) is 6.02. The Hall–Kier alpha value is -2.17. The molecule has 0 aliphatic carbocycles. The fraction of sp³-hybridized carbons (Fsp3) is 0.357. The van der Waals surface area contributed by atoms with E-state index < -0.39 is 0 Å². The molecule has 1 heterocycles. The standard InChI is InChI=1S/C14H19N3O2/c1-8-11(18-4)7-6-10(13(8)19-5)12-9(2)14(15)17(3)16-12/h6-7H,15H2,1-5H3. The number of nitrogens with two attached hydrogens (primary N) is 1. The normalized spacial score (nSPS) is 10.6. The average molecular weight is 261 g/mol. The van der Waals surface area contributed by atoms with Crippen LogP contribution in [-0.4, -0.2) is 24.0 Å². The zero-order chi connectivity index (χ0) is 14.2. The lowest BCUT2D eigenvalue weighted by Crippen LogP contribution is -1.98. The number of hydrogen-bond donors (Lipinski definition) is 1. The third kappa shape index (κ3) is 2.01. The highest BCUT2D eigenvalue weighted by Crippen LogP contribution is 2.39. The lowest BCUT2D eigenvalue weighted by atomic mass is 10.0. The van der Waals surface area contributed by atoms with Crippen molar-refractivity contribution < 1.29 is 9.47 Å². The highest BCUT2D eigenvalue weighted by atomic mass is 16.5. The molecule has 0 aliphatic rings. The van der Waals surface area contributed by atoms with Crippen LogP contribution in [0.3, 0.4) is 0 Å². The number of aromatic nitrogens is 2. The Morgan fingerprint density at radius 2 is 1.79 bits per heavy atom. The first-order chi connectivity index (χ1) is 9.01. The number of benzene rings is 1. The van der Waals surface area contributed by atoms with Gasteiger partial charge in [-0.05, 0) is 26.0 Å². The van der Waals surface area contributed by atoms with Crippen LogP contribution in [0, 0.1) is 13.8 Å². The van der Waals surface area contributed by atoms with Crippen molar-refractivity contribution in [1.29, 1.82) is 0 Å². The molecule has 0 atom stereocenters. The second-order valence-corrected chi connectivity index (χ2v) is 4.46. The topological polar surface area (TPSA) is 62.3 Å². The maximum absolute atomic E-state index is 5.96. The minimum absolute atomic E-state index is 0.658. The van der Waals surface area contributed by atoms with Gasteiger partial charge in [-0.2, -0.15) is 5.10 Å². The summed E-state index contributed by atoms with van der Waals surface area (Å²) in [5.41, 5.74) is 9.62. The Morgan fingerprint density at radius 3 is 2.26 bits per heavy atom. The first kappa shape index (κ1) is 13.3. The van der Waals surface area contributed by atoms with Crippen LogP contribution in [0.4, 0.5) is 5.82 Å². The van der Waals surface area contributed by atoms with E-state index in [0.29, 0.717) is 5.82 Å². The number of aryl methyl sites for hydroxylation is 1. The molecule has 2 rings (SSSR count). The summed E-state index contributed by atoms with van der Waals surface area (Å²) in [5.74, 6) is 2.22. The molecule has 2 aromatic rings. The van der Waals surface area contributed by atoms with Gasteiger partial charge in [0.05, 0.1) is 14.2 Å². The van der Waals surface area contributed by atoms with E-state index in [4.69, 9.17) is 15.2 Å². The van der Waals surface area contributed by atoms with Crippen molar-refractivity contribution in [2.24, 2.45) is 7.05 Å². The van der Waals surface area contributed by atoms with Crippen molar-refractivity contribution in [3.8, 4) is 22.8 Å². The highest BCUT2D eigenvalue weighted by molar-refractivity contribution is 5.76. The van der Waals surface area contributed by atoms with Crippen LogP contribution in [0.15, 0.2) is 12.1 Å². The van der Waals surface area contributed by atoms with E-state index >= 15 is 0 Å². The summed E-state index contributed by atoms with van der Waals surface area (Å²) in [7, 11) is 5.12. The molecular weight excluding hydrogens is 242 g/mol. The monoisotopic (exact) mass is 261 g/mol. The summed E-state index contributed by atoms with van der Waals surface area (Å²) in [6.45, 7) is 3.92. The summed E-state index contributed by atoms with van der Waals surface area (Å²) in [4.78, 5) is 0. The van der Waals surface area contributed by atoms with Crippen molar-refractivity contribution >= 4 is 5.82 Å².